The molecule has 0 saturated carbocycles. The van der Waals surface area contributed by atoms with Crippen LogP contribution < -0.4 is 4.74 Å². The van der Waals surface area contributed by atoms with Gasteiger partial charge >= 0.3 is 0 Å². The average molecular weight is 389 g/mol. The van der Waals surface area contributed by atoms with E-state index in [0.717, 1.165) is 0 Å². The summed E-state index contributed by atoms with van der Waals surface area (Å²) in [6.07, 6.45) is 3.66. The van der Waals surface area contributed by atoms with E-state index in [1.54, 1.807) is 24.0 Å². The second-order valence-corrected chi connectivity index (χ2v) is 5.07. The summed E-state index contributed by atoms with van der Waals surface area (Å²) < 4.78 is 19.7. The molecule has 0 aromatic heterocycles. The monoisotopic (exact) mass is 389 g/mol. The van der Waals surface area contributed by atoms with Crippen molar-refractivity contribution in [2.45, 2.75) is 27.2 Å². The number of halogens is 1. The molecule has 1 aromatic carbocycles. The third-order valence-corrected chi connectivity index (χ3v) is 3.53. The third-order valence-electron chi connectivity index (χ3n) is 3.53. The minimum Gasteiger partial charge on any atom is -0.481 e. The first-order valence-electron chi connectivity index (χ1n) is 7.33. The van der Waals surface area contributed by atoms with E-state index < -0.39 is 5.82 Å². The fourth-order valence-electron chi connectivity index (χ4n) is 2.33. The van der Waals surface area contributed by atoms with Crippen LogP contribution in [0.25, 0.3) is 5.70 Å². The molecule has 3 nitrogen and oxygen atoms in total. The number of allylic oxidation sites excluding steroid dienone is 1. The molecule has 2 rings (SSSR count). The molecule has 5 heteroatoms. The molecule has 0 saturated heterocycles. The van der Waals surface area contributed by atoms with Crippen molar-refractivity contribution in [3.63, 3.8) is 0 Å². The first-order valence-corrected chi connectivity index (χ1v) is 7.33. The first kappa shape index (κ1) is 19.9. The summed E-state index contributed by atoms with van der Waals surface area (Å²) in [6, 6.07) is 4.62. The van der Waals surface area contributed by atoms with Gasteiger partial charge in [-0.1, -0.05) is 19.3 Å². The van der Waals surface area contributed by atoms with Crippen molar-refractivity contribution in [3.8, 4) is 17.6 Å². The number of amides is 1. The van der Waals surface area contributed by atoms with E-state index in [1.807, 2.05) is 13.8 Å². The minimum atomic E-state index is -0.426. The van der Waals surface area contributed by atoms with E-state index in [1.165, 1.54) is 6.07 Å². The number of hydrogen-bond acceptors (Lipinski definition) is 2. The zero-order chi connectivity index (χ0) is 16.1. The summed E-state index contributed by atoms with van der Waals surface area (Å²) >= 11 is 0. The maximum Gasteiger partial charge on any atom is 0.225 e. The molecule has 0 fully saturated rings. The maximum absolute atomic E-state index is 14.4. The van der Waals surface area contributed by atoms with Gasteiger partial charge in [0.25, 0.3) is 0 Å². The van der Waals surface area contributed by atoms with E-state index >= 15 is 0 Å². The van der Waals surface area contributed by atoms with E-state index in [0.29, 0.717) is 30.0 Å². The van der Waals surface area contributed by atoms with Crippen molar-refractivity contribution in [2.24, 2.45) is 5.92 Å². The van der Waals surface area contributed by atoms with Crippen molar-refractivity contribution < 1.29 is 46.6 Å². The number of ether oxygens (including phenoxy) is 1. The van der Waals surface area contributed by atoms with E-state index in [2.05, 4.69) is 17.9 Å². The second kappa shape index (κ2) is 9.20. The van der Waals surface area contributed by atoms with E-state index in [-0.39, 0.29) is 51.1 Å². The molecule has 23 heavy (non-hydrogen) atoms. The topological polar surface area (TPSA) is 29.5 Å². The standard InChI is InChI=1S/C18H19FNO2.Y/c1-4-6-11-22-14-8-9-15(16(19)12-14)17-10-7-13(3)18(21)20(17)5-2;/h8-9,12-13H,5,7,11H2,1-3H3;/q-1;. The van der Waals surface area contributed by atoms with Crippen molar-refractivity contribution in [1.82, 2.24) is 4.90 Å². The molecule has 0 aliphatic carbocycles. The van der Waals surface area contributed by atoms with Gasteiger partial charge in [0.2, 0.25) is 5.91 Å². The van der Waals surface area contributed by atoms with Crippen molar-refractivity contribution in [3.05, 3.63) is 35.7 Å². The fraction of sp³-hybridized carbons (Fsp3) is 0.389. The minimum absolute atomic E-state index is 0. The normalized spacial score (nSPS) is 16.9. The number of benzene rings is 1. The Kier molecular flexibility index (Phi) is 7.95. The molecule has 1 aromatic rings. The van der Waals surface area contributed by atoms with Crippen LogP contribution in [0.2, 0.25) is 0 Å². The van der Waals surface area contributed by atoms with Gasteiger partial charge < -0.3 is 9.64 Å². The van der Waals surface area contributed by atoms with Crippen LogP contribution in [0.15, 0.2) is 18.2 Å². The van der Waals surface area contributed by atoms with Gasteiger partial charge in [0, 0.05) is 45.2 Å². The van der Waals surface area contributed by atoms with Crippen molar-refractivity contribution in [2.75, 3.05) is 13.2 Å². The Morgan fingerprint density at radius 1 is 1.48 bits per heavy atom. The zero-order valence-electron chi connectivity index (χ0n) is 13.6. The van der Waals surface area contributed by atoms with Gasteiger partial charge in [-0.2, -0.15) is 0 Å². The Morgan fingerprint density at radius 2 is 2.22 bits per heavy atom. The summed E-state index contributed by atoms with van der Waals surface area (Å²) in [5.41, 5.74) is 0.888. The number of carbonyl (C=O) groups is 1. The number of rotatable bonds is 4. The number of nitrogens with zero attached hydrogens (tertiary/aromatic N) is 1. The van der Waals surface area contributed by atoms with Crippen molar-refractivity contribution in [1.29, 1.82) is 0 Å². The Labute approximate surface area is 162 Å². The Balaban J connectivity index is 0.00000264. The van der Waals surface area contributed by atoms with Gasteiger partial charge in [0.05, 0.1) is 5.82 Å². The zero-order valence-corrected chi connectivity index (χ0v) is 16.5. The molecule has 1 amide bonds. The SMILES string of the molecule is CC#CCOc1ccc(C2=[C-]CC(C)C(=O)N2CC)c(F)c1.[Y]. The molecule has 119 valence electrons. The van der Waals surface area contributed by atoms with Crippen LogP contribution in [-0.2, 0) is 37.5 Å². The van der Waals surface area contributed by atoms with E-state index in [4.69, 9.17) is 4.74 Å². The number of carbonyl (C=O) groups excluding carboxylic acids is 1. The van der Waals surface area contributed by atoms with Gasteiger partial charge in [-0.05, 0) is 26.0 Å². The summed E-state index contributed by atoms with van der Waals surface area (Å²) in [6.45, 7) is 6.17. The Morgan fingerprint density at radius 3 is 2.83 bits per heavy atom. The largest absolute Gasteiger partial charge is 0.481 e. The predicted molar refractivity (Wildman–Crippen MR) is 83.2 cm³/mol. The molecule has 1 heterocycles. The first-order chi connectivity index (χ1) is 10.6. The van der Waals surface area contributed by atoms with Gasteiger partial charge in [0.15, 0.2) is 0 Å². The van der Waals surface area contributed by atoms with Crippen LogP contribution in [-0.4, -0.2) is 24.0 Å². The summed E-state index contributed by atoms with van der Waals surface area (Å²) in [7, 11) is 0. The Bertz CT molecular complexity index is 661. The summed E-state index contributed by atoms with van der Waals surface area (Å²) in [4.78, 5) is 13.8. The van der Waals surface area contributed by atoms with E-state index in [9.17, 15) is 9.18 Å². The number of hydrogen-bond donors (Lipinski definition) is 0. The fourth-order valence-corrected chi connectivity index (χ4v) is 2.33. The predicted octanol–water partition coefficient (Wildman–Crippen LogP) is 3.26. The van der Waals surface area contributed by atoms with Crippen LogP contribution in [0.1, 0.15) is 32.8 Å². The third kappa shape index (κ3) is 4.65. The van der Waals surface area contributed by atoms with Gasteiger partial charge in [-0.3, -0.25) is 4.79 Å². The molecule has 1 aliphatic rings. The molecule has 1 aliphatic heterocycles. The van der Waals surface area contributed by atoms with Crippen LogP contribution in [0.3, 0.4) is 0 Å². The Hall–Kier alpha value is -1.18. The molecule has 1 radical (unpaired) electrons. The quantitative estimate of drug-likeness (QED) is 0.585. The van der Waals surface area contributed by atoms with Crippen LogP contribution >= 0.6 is 0 Å². The molecule has 0 bridgehead atoms. The molecule has 1 atom stereocenters. The van der Waals surface area contributed by atoms with Gasteiger partial charge in [-0.15, -0.1) is 23.2 Å². The van der Waals surface area contributed by atoms with Crippen LogP contribution in [0.4, 0.5) is 4.39 Å². The van der Waals surface area contributed by atoms with Gasteiger partial charge in [0.1, 0.15) is 12.4 Å². The maximum atomic E-state index is 14.4. The smallest absolute Gasteiger partial charge is 0.225 e. The summed E-state index contributed by atoms with van der Waals surface area (Å²) in [5.74, 6) is 5.36. The molecular formula is C18H19FNO2Y-. The molecular weight excluding hydrogens is 370 g/mol. The average Bonchev–Trinajstić information content (AvgIpc) is 2.51. The molecule has 0 N–H and O–H groups in total. The molecule has 1 unspecified atom stereocenters. The summed E-state index contributed by atoms with van der Waals surface area (Å²) in [5, 5.41) is 0. The van der Waals surface area contributed by atoms with Crippen molar-refractivity contribution >= 4 is 11.6 Å². The second-order valence-electron chi connectivity index (χ2n) is 5.07. The van der Waals surface area contributed by atoms with Crippen LogP contribution in [0.5, 0.6) is 5.75 Å². The van der Waals surface area contributed by atoms with Gasteiger partial charge in [-0.25, -0.2) is 10.5 Å². The molecule has 0 spiro atoms. The van der Waals surface area contributed by atoms with Crippen LogP contribution in [0, 0.1) is 29.7 Å².